The molecule has 5 nitrogen and oxygen atoms in total. The van der Waals surface area contributed by atoms with Gasteiger partial charge in [0, 0.05) is 12.7 Å². The van der Waals surface area contributed by atoms with E-state index in [-0.39, 0.29) is 6.04 Å². The lowest BCUT2D eigenvalue weighted by Gasteiger charge is -2.40. The highest BCUT2D eigenvalue weighted by Gasteiger charge is 2.52. The number of rotatable bonds is 2. The molecular formula is C15H20N4O. The molecule has 0 spiro atoms. The number of fused-ring (bicyclic) bond motifs is 2. The summed E-state index contributed by atoms with van der Waals surface area (Å²) in [6.45, 7) is 4.83. The monoisotopic (exact) mass is 272 g/mol. The average Bonchev–Trinajstić information content (AvgIpc) is 2.92. The van der Waals surface area contributed by atoms with E-state index < -0.39 is 5.60 Å². The van der Waals surface area contributed by atoms with E-state index in [4.69, 9.17) is 0 Å². The fourth-order valence-corrected chi connectivity index (χ4v) is 4.05. The summed E-state index contributed by atoms with van der Waals surface area (Å²) < 4.78 is 0. The van der Waals surface area contributed by atoms with Crippen LogP contribution in [-0.4, -0.2) is 38.2 Å². The zero-order valence-corrected chi connectivity index (χ0v) is 11.9. The summed E-state index contributed by atoms with van der Waals surface area (Å²) in [5.41, 5.74) is 0.150. The number of H-pyrrole nitrogens is 1. The number of anilines is 1. The summed E-state index contributed by atoms with van der Waals surface area (Å²) >= 11 is 0. The van der Waals surface area contributed by atoms with E-state index >= 15 is 0 Å². The van der Waals surface area contributed by atoms with Gasteiger partial charge in [-0.1, -0.05) is 0 Å². The molecule has 2 aromatic heterocycles. The number of aromatic nitrogens is 3. The number of aromatic amines is 1. The molecule has 3 atom stereocenters. The van der Waals surface area contributed by atoms with Crippen LogP contribution in [0.15, 0.2) is 18.6 Å². The lowest BCUT2D eigenvalue weighted by atomic mass is 9.70. The van der Waals surface area contributed by atoms with E-state index in [2.05, 4.69) is 19.9 Å². The molecule has 0 amide bonds. The van der Waals surface area contributed by atoms with Crippen LogP contribution in [0.2, 0.25) is 0 Å². The molecule has 0 radical (unpaired) electrons. The van der Waals surface area contributed by atoms with Crippen LogP contribution in [0.25, 0.3) is 11.0 Å². The zero-order chi connectivity index (χ0) is 13.9. The smallest absolute Gasteiger partial charge is 0.142 e. The first-order valence-corrected chi connectivity index (χ1v) is 7.33. The quantitative estimate of drug-likeness (QED) is 0.877. The standard InChI is InChI=1S/C15H20N4O/c1-15(2,20)12-10-4-3-9(10)7-19(12)14-11-5-6-16-13(11)17-8-18-14/h5-6,8-10,12,20H,3-4,7H2,1-2H3,(H,16,17,18)/t9-,10-,12+/m0/s1. The van der Waals surface area contributed by atoms with E-state index in [1.54, 1.807) is 6.33 Å². The summed E-state index contributed by atoms with van der Waals surface area (Å²) in [5.74, 6) is 2.26. The minimum Gasteiger partial charge on any atom is -0.388 e. The third kappa shape index (κ3) is 1.59. The van der Waals surface area contributed by atoms with Crippen molar-refractivity contribution in [3.63, 3.8) is 0 Å². The lowest BCUT2D eigenvalue weighted by Crippen LogP contribution is -2.50. The summed E-state index contributed by atoms with van der Waals surface area (Å²) in [4.78, 5) is 14.2. The van der Waals surface area contributed by atoms with Gasteiger partial charge in [0.05, 0.1) is 17.0 Å². The molecular weight excluding hydrogens is 252 g/mol. The number of aliphatic hydroxyl groups is 1. The first-order valence-electron chi connectivity index (χ1n) is 7.33. The molecule has 0 aromatic carbocycles. The second-order valence-corrected chi connectivity index (χ2v) is 6.69. The van der Waals surface area contributed by atoms with Crippen molar-refractivity contribution in [1.29, 1.82) is 0 Å². The molecule has 106 valence electrons. The highest BCUT2D eigenvalue weighted by molar-refractivity contribution is 5.87. The zero-order valence-electron chi connectivity index (χ0n) is 11.9. The van der Waals surface area contributed by atoms with Crippen LogP contribution in [0.1, 0.15) is 26.7 Å². The van der Waals surface area contributed by atoms with Crippen molar-refractivity contribution in [3.8, 4) is 0 Å². The molecule has 0 unspecified atom stereocenters. The van der Waals surface area contributed by atoms with Gasteiger partial charge >= 0.3 is 0 Å². The average molecular weight is 272 g/mol. The Labute approximate surface area is 118 Å². The van der Waals surface area contributed by atoms with Crippen LogP contribution < -0.4 is 4.90 Å². The van der Waals surface area contributed by atoms with Crippen molar-refractivity contribution in [2.24, 2.45) is 11.8 Å². The maximum atomic E-state index is 10.6. The summed E-state index contributed by atoms with van der Waals surface area (Å²) in [7, 11) is 0. The summed E-state index contributed by atoms with van der Waals surface area (Å²) in [6, 6.07) is 2.17. The third-order valence-corrected chi connectivity index (χ3v) is 4.98. The molecule has 1 aliphatic heterocycles. The Morgan fingerprint density at radius 2 is 2.20 bits per heavy atom. The normalized spacial score (nSPS) is 29.6. The molecule has 1 saturated carbocycles. The Morgan fingerprint density at radius 1 is 1.35 bits per heavy atom. The van der Waals surface area contributed by atoms with Crippen LogP contribution in [0.4, 0.5) is 5.82 Å². The van der Waals surface area contributed by atoms with E-state index in [1.807, 2.05) is 26.1 Å². The maximum absolute atomic E-state index is 10.6. The molecule has 2 aliphatic rings. The van der Waals surface area contributed by atoms with E-state index in [0.717, 1.165) is 23.4 Å². The van der Waals surface area contributed by atoms with Gasteiger partial charge in [-0.25, -0.2) is 9.97 Å². The second kappa shape index (κ2) is 3.95. The van der Waals surface area contributed by atoms with Gasteiger partial charge in [0.15, 0.2) is 0 Å². The summed E-state index contributed by atoms with van der Waals surface area (Å²) in [5, 5.41) is 11.6. The minimum atomic E-state index is -0.715. The van der Waals surface area contributed by atoms with Gasteiger partial charge in [0.1, 0.15) is 17.8 Å². The van der Waals surface area contributed by atoms with Gasteiger partial charge in [0.2, 0.25) is 0 Å². The Kier molecular flexibility index (Phi) is 2.40. The van der Waals surface area contributed by atoms with Gasteiger partial charge in [-0.3, -0.25) is 0 Å². The van der Waals surface area contributed by atoms with Gasteiger partial charge in [-0.15, -0.1) is 0 Å². The van der Waals surface area contributed by atoms with Gasteiger partial charge in [-0.2, -0.15) is 0 Å². The fraction of sp³-hybridized carbons (Fsp3) is 0.600. The first-order chi connectivity index (χ1) is 9.55. The fourth-order valence-electron chi connectivity index (χ4n) is 4.05. The van der Waals surface area contributed by atoms with Crippen LogP contribution in [0.3, 0.4) is 0 Å². The topological polar surface area (TPSA) is 65.0 Å². The lowest BCUT2D eigenvalue weighted by molar-refractivity contribution is 0.0165. The molecule has 2 aromatic rings. The maximum Gasteiger partial charge on any atom is 0.142 e. The highest BCUT2D eigenvalue weighted by Crippen LogP contribution is 2.49. The van der Waals surface area contributed by atoms with Crippen LogP contribution >= 0.6 is 0 Å². The summed E-state index contributed by atoms with van der Waals surface area (Å²) in [6.07, 6.45) is 5.99. The second-order valence-electron chi connectivity index (χ2n) is 6.69. The van der Waals surface area contributed by atoms with Crippen molar-refractivity contribution in [1.82, 2.24) is 15.0 Å². The number of hydrogen-bond acceptors (Lipinski definition) is 4. The van der Waals surface area contributed by atoms with Crippen molar-refractivity contribution in [2.45, 2.75) is 38.3 Å². The van der Waals surface area contributed by atoms with Gasteiger partial charge in [0.25, 0.3) is 0 Å². The molecule has 1 aliphatic carbocycles. The predicted molar refractivity (Wildman–Crippen MR) is 77.5 cm³/mol. The Morgan fingerprint density at radius 3 is 2.90 bits per heavy atom. The Bertz CT molecular complexity index is 645. The molecule has 1 saturated heterocycles. The third-order valence-electron chi connectivity index (χ3n) is 4.98. The van der Waals surface area contributed by atoms with Gasteiger partial charge < -0.3 is 15.0 Å². The Balaban J connectivity index is 1.82. The minimum absolute atomic E-state index is 0.147. The van der Waals surface area contributed by atoms with E-state index in [9.17, 15) is 5.11 Å². The molecule has 2 N–H and O–H groups in total. The van der Waals surface area contributed by atoms with Crippen molar-refractivity contribution in [3.05, 3.63) is 18.6 Å². The number of nitrogens with zero attached hydrogens (tertiary/aromatic N) is 3. The molecule has 5 heteroatoms. The Hall–Kier alpha value is -1.62. The van der Waals surface area contributed by atoms with Crippen LogP contribution in [0.5, 0.6) is 0 Å². The largest absolute Gasteiger partial charge is 0.388 e. The number of nitrogens with one attached hydrogen (secondary N) is 1. The van der Waals surface area contributed by atoms with Crippen molar-refractivity contribution >= 4 is 16.9 Å². The van der Waals surface area contributed by atoms with Crippen LogP contribution in [-0.2, 0) is 0 Å². The predicted octanol–water partition coefficient (Wildman–Crippen LogP) is 1.94. The molecule has 20 heavy (non-hydrogen) atoms. The molecule has 4 rings (SSSR count). The highest BCUT2D eigenvalue weighted by atomic mass is 16.3. The SMILES string of the molecule is CC(C)(O)[C@H]1[C@H]2CC[C@H]2CN1c1ncnc2[nH]ccc12. The van der Waals surface area contributed by atoms with Gasteiger partial charge in [-0.05, 0) is 44.6 Å². The first kappa shape index (κ1) is 12.1. The molecule has 3 heterocycles. The molecule has 0 bridgehead atoms. The molecule has 2 fully saturated rings. The van der Waals surface area contributed by atoms with Crippen molar-refractivity contribution < 1.29 is 5.11 Å². The van der Waals surface area contributed by atoms with Crippen molar-refractivity contribution in [2.75, 3.05) is 11.4 Å². The van der Waals surface area contributed by atoms with Crippen LogP contribution in [0, 0.1) is 11.8 Å². The number of hydrogen-bond donors (Lipinski definition) is 2. The van der Waals surface area contributed by atoms with E-state index in [1.165, 1.54) is 12.8 Å². The van der Waals surface area contributed by atoms with E-state index in [0.29, 0.717) is 11.8 Å².